The summed E-state index contributed by atoms with van der Waals surface area (Å²) in [6.45, 7) is 15.7. The minimum atomic E-state index is -4.19. The van der Waals surface area contributed by atoms with Gasteiger partial charge in [-0.25, -0.2) is 4.58 Å². The molecule has 6 heteroatoms. The van der Waals surface area contributed by atoms with Crippen LogP contribution in [0.5, 0.6) is 0 Å². The number of hydrogen-bond donors (Lipinski definition) is 3. The van der Waals surface area contributed by atoms with E-state index in [1.807, 2.05) is 5.71 Å². The van der Waals surface area contributed by atoms with Crippen LogP contribution in [0, 0.1) is 62.5 Å². The molecule has 0 radical (unpaired) electrons. The van der Waals surface area contributed by atoms with E-state index in [0.717, 1.165) is 41.4 Å². The zero-order chi connectivity index (χ0) is 27.7. The van der Waals surface area contributed by atoms with Crippen LogP contribution in [0.15, 0.2) is 0 Å². The molecule has 0 amide bonds. The summed E-state index contributed by atoms with van der Waals surface area (Å²) >= 11 is 0. The third-order valence-electron chi connectivity index (χ3n) is 12.5. The molecule has 3 N–H and O–H groups in total. The topological polar surface area (TPSA) is 86.8 Å². The molecule has 5 aliphatic rings. The van der Waals surface area contributed by atoms with Crippen molar-refractivity contribution in [3.05, 3.63) is 0 Å². The van der Waals surface area contributed by atoms with Crippen LogP contribution in [0.3, 0.4) is 0 Å². The van der Waals surface area contributed by atoms with Gasteiger partial charge in [0.2, 0.25) is 0 Å². The van der Waals surface area contributed by atoms with Crippen LogP contribution in [0.4, 0.5) is 0 Å². The third-order valence-corrected chi connectivity index (χ3v) is 12.5. The molecule has 5 fully saturated rings. The third kappa shape index (κ3) is 6.81. The molecule has 5 nitrogen and oxygen atoms in total. The molecule has 0 aromatic rings. The van der Waals surface area contributed by atoms with E-state index in [-0.39, 0.29) is 0 Å². The first-order valence-corrected chi connectivity index (χ1v) is 17.4. The van der Waals surface area contributed by atoms with Gasteiger partial charge in [-0.3, -0.25) is 0 Å². The zero-order valence-electron chi connectivity index (χ0n) is 25.1. The summed E-state index contributed by atoms with van der Waals surface area (Å²) < 4.78 is 33.1. The predicted molar refractivity (Wildman–Crippen MR) is 149 cm³/mol. The van der Waals surface area contributed by atoms with Crippen molar-refractivity contribution in [3.8, 4) is 0 Å². The van der Waals surface area contributed by atoms with Crippen LogP contribution in [0.2, 0.25) is 0 Å². The average molecular weight is 557 g/mol. The van der Waals surface area contributed by atoms with E-state index in [9.17, 15) is 0 Å². The van der Waals surface area contributed by atoms with E-state index in [2.05, 4.69) is 39.2 Å². The molecule has 1 heterocycles. The molecule has 0 spiro atoms. The Morgan fingerprint density at radius 1 is 0.868 bits per heavy atom. The quantitative estimate of drug-likeness (QED) is 0.369. The second-order valence-electron chi connectivity index (χ2n) is 14.9. The Kier molecular flexibility index (Phi) is 9.99. The van der Waals surface area contributed by atoms with Crippen LogP contribution < -0.4 is 4.66 Å². The summed E-state index contributed by atoms with van der Waals surface area (Å²) in [5, 5.41) is 0. The first kappa shape index (κ1) is 30.8. The van der Waals surface area contributed by atoms with Gasteiger partial charge in [-0.1, -0.05) is 53.9 Å². The van der Waals surface area contributed by atoms with Gasteiger partial charge in [-0.05, 0) is 104 Å². The normalized spacial score (nSPS) is 40.5. The second-order valence-corrected chi connectivity index (χ2v) is 15.8. The van der Waals surface area contributed by atoms with Crippen LogP contribution >= 0.6 is 0 Å². The van der Waals surface area contributed by atoms with E-state index in [1.165, 1.54) is 77.3 Å². The van der Waals surface area contributed by atoms with Gasteiger partial charge in [0.15, 0.2) is 5.71 Å². The Balaban J connectivity index is 0.000000617. The molecule has 8 atom stereocenters. The molecule has 1 saturated heterocycles. The summed E-state index contributed by atoms with van der Waals surface area (Å²) in [6.07, 6.45) is 22.4. The fraction of sp³-hybridized carbons (Fsp3) is 0.969. The number of nitrogens with zero attached hydrogens (tertiary/aromatic N) is 1. The zero-order valence-corrected chi connectivity index (χ0v) is 25.9. The molecular weight excluding hydrogens is 498 g/mol. The van der Waals surface area contributed by atoms with Crippen LogP contribution in [0.25, 0.3) is 0 Å². The van der Waals surface area contributed by atoms with Crippen molar-refractivity contribution in [2.24, 2.45) is 52.3 Å². The van der Waals surface area contributed by atoms with Crippen molar-refractivity contribution in [1.82, 2.24) is 0 Å². The van der Waals surface area contributed by atoms with E-state index in [0.29, 0.717) is 10.8 Å². The SMILES string of the molecule is CC(C)CCCC(C)C1CCC2C3CCC4CC(=[N+]5CCCCC5)CCC4(C)C3CCC12C.[O-][Cl+](O)(O)O. The molecule has 4 saturated carbocycles. The maximum absolute atomic E-state index is 8.83. The van der Waals surface area contributed by atoms with Crippen molar-refractivity contribution >= 4 is 5.71 Å². The summed E-state index contributed by atoms with van der Waals surface area (Å²) in [5.41, 5.74) is 3.17. The molecular formula is C32H59ClNO4+. The first-order chi connectivity index (χ1) is 17.8. The average Bonchev–Trinajstić information content (AvgIpc) is 3.20. The van der Waals surface area contributed by atoms with Crippen LogP contribution in [0.1, 0.15) is 131 Å². The summed E-state index contributed by atoms with van der Waals surface area (Å²) in [5.74, 6) is 6.94. The van der Waals surface area contributed by atoms with Crippen LogP contribution in [-0.4, -0.2) is 37.4 Å². The van der Waals surface area contributed by atoms with Gasteiger partial charge in [0.1, 0.15) is 13.1 Å². The van der Waals surface area contributed by atoms with Gasteiger partial charge >= 0.3 is 28.9 Å². The molecule has 222 valence electrons. The molecule has 0 bridgehead atoms. The van der Waals surface area contributed by atoms with Gasteiger partial charge in [-0.2, -0.15) is 0 Å². The molecule has 1 aliphatic heterocycles. The van der Waals surface area contributed by atoms with Crippen molar-refractivity contribution in [2.75, 3.05) is 13.1 Å². The predicted octanol–water partition coefficient (Wildman–Crippen LogP) is 5.89. The molecule has 4 aliphatic carbocycles. The van der Waals surface area contributed by atoms with Gasteiger partial charge in [0.05, 0.1) is 0 Å². The molecule has 5 rings (SSSR count). The Morgan fingerprint density at radius 2 is 1.53 bits per heavy atom. The summed E-state index contributed by atoms with van der Waals surface area (Å²) in [7, 11) is -4.19. The maximum atomic E-state index is 8.83. The van der Waals surface area contributed by atoms with Crippen LogP contribution in [-0.2, 0) is 0 Å². The van der Waals surface area contributed by atoms with Gasteiger partial charge < -0.3 is 0 Å². The standard InChI is InChI=1S/C32H56N.ClH3O4/c1-23(2)10-9-11-24(3)28-14-15-29-27-13-12-25-22-26(33-20-7-6-8-21-33)16-18-31(25,4)30(27)17-19-32(28,29)5;2-1(3,4)5/h23-25,27-30H,6-22H2,1-5H3;2-4H/q+1;. The fourth-order valence-electron chi connectivity index (χ4n) is 10.6. The Morgan fingerprint density at radius 3 is 2.18 bits per heavy atom. The van der Waals surface area contributed by atoms with Crippen molar-refractivity contribution in [3.63, 3.8) is 0 Å². The Labute approximate surface area is 235 Å². The number of hydrogen-bond acceptors (Lipinski definition) is 4. The monoisotopic (exact) mass is 556 g/mol. The van der Waals surface area contributed by atoms with Crippen molar-refractivity contribution in [1.29, 1.82) is 0 Å². The summed E-state index contributed by atoms with van der Waals surface area (Å²) in [4.78, 5) is 0. The molecule has 0 aromatic heterocycles. The molecule has 38 heavy (non-hydrogen) atoms. The Bertz CT molecular complexity index is 811. The first-order valence-electron chi connectivity index (χ1n) is 16.1. The number of halogens is 1. The Hall–Kier alpha value is -0.200. The van der Waals surface area contributed by atoms with E-state index in [4.69, 9.17) is 18.6 Å². The second kappa shape index (κ2) is 12.3. The molecule has 0 aromatic carbocycles. The van der Waals surface area contributed by atoms with Crippen molar-refractivity contribution < 1.29 is 33.5 Å². The van der Waals surface area contributed by atoms with Crippen molar-refractivity contribution in [2.45, 2.75) is 131 Å². The molecule has 8 unspecified atom stereocenters. The van der Waals surface area contributed by atoms with E-state index < -0.39 is 10.2 Å². The van der Waals surface area contributed by atoms with Gasteiger partial charge in [-0.15, -0.1) is 0 Å². The number of rotatable bonds is 5. The van der Waals surface area contributed by atoms with Gasteiger partial charge in [0, 0.05) is 25.7 Å². The van der Waals surface area contributed by atoms with Gasteiger partial charge in [0.25, 0.3) is 0 Å². The fourth-order valence-corrected chi connectivity index (χ4v) is 10.6. The summed E-state index contributed by atoms with van der Waals surface area (Å²) in [6, 6.07) is 0. The minimum absolute atomic E-state index is 0.643. The number of fused-ring (bicyclic) bond motifs is 5. The van der Waals surface area contributed by atoms with E-state index in [1.54, 1.807) is 32.1 Å². The number of piperidine rings is 1. The van der Waals surface area contributed by atoms with E-state index >= 15 is 0 Å².